The van der Waals surface area contributed by atoms with E-state index >= 15 is 0 Å². The summed E-state index contributed by atoms with van der Waals surface area (Å²) in [5.74, 6) is 1.12. The van der Waals surface area contributed by atoms with Gasteiger partial charge in [0, 0.05) is 19.3 Å². The molecule has 90 valence electrons. The van der Waals surface area contributed by atoms with E-state index in [1.807, 2.05) is 19.9 Å². The number of rotatable bonds is 6. The average Bonchev–Trinajstić information content (AvgIpc) is 2.26. The van der Waals surface area contributed by atoms with Crippen LogP contribution >= 0.6 is 0 Å². The largest absolute Gasteiger partial charge is 0.396 e. The van der Waals surface area contributed by atoms with Crippen LogP contribution in [0.4, 0.5) is 11.5 Å². The fraction of sp³-hybridized carbons (Fsp3) is 0.583. The summed E-state index contributed by atoms with van der Waals surface area (Å²) in [5, 5.41) is 12.1. The van der Waals surface area contributed by atoms with Crippen LogP contribution in [0.2, 0.25) is 0 Å². The molecule has 1 aromatic rings. The first-order valence-corrected chi connectivity index (χ1v) is 5.70. The van der Waals surface area contributed by atoms with Crippen LogP contribution in [-0.2, 0) is 0 Å². The van der Waals surface area contributed by atoms with Gasteiger partial charge in [0.2, 0.25) is 0 Å². The van der Waals surface area contributed by atoms with E-state index in [-0.39, 0.29) is 6.61 Å². The van der Waals surface area contributed by atoms with E-state index in [0.717, 1.165) is 30.8 Å². The number of anilines is 2. The van der Waals surface area contributed by atoms with Gasteiger partial charge in [0.1, 0.15) is 5.82 Å². The third kappa shape index (κ3) is 4.06. The van der Waals surface area contributed by atoms with Gasteiger partial charge >= 0.3 is 0 Å². The highest BCUT2D eigenvalue weighted by atomic mass is 16.3. The van der Waals surface area contributed by atoms with Crippen molar-refractivity contribution in [1.29, 1.82) is 0 Å². The first-order valence-electron chi connectivity index (χ1n) is 5.70. The molecular weight excluding hydrogens is 202 g/mol. The Kier molecular flexibility index (Phi) is 5.05. The first-order chi connectivity index (χ1) is 7.63. The minimum Gasteiger partial charge on any atom is -0.396 e. The molecular formula is C12H21N3O. The zero-order valence-corrected chi connectivity index (χ0v) is 10.0. The van der Waals surface area contributed by atoms with Crippen molar-refractivity contribution in [3.8, 4) is 0 Å². The van der Waals surface area contributed by atoms with Crippen molar-refractivity contribution < 1.29 is 5.11 Å². The van der Waals surface area contributed by atoms with Gasteiger partial charge in [0.15, 0.2) is 0 Å². The summed E-state index contributed by atoms with van der Waals surface area (Å²) in [4.78, 5) is 4.23. The first kappa shape index (κ1) is 12.8. The van der Waals surface area contributed by atoms with Gasteiger partial charge in [-0.05, 0) is 37.3 Å². The van der Waals surface area contributed by atoms with E-state index in [0.29, 0.717) is 11.6 Å². The van der Waals surface area contributed by atoms with Crippen LogP contribution in [0.15, 0.2) is 12.3 Å². The highest BCUT2D eigenvalue weighted by Crippen LogP contribution is 2.16. The normalized spacial score (nSPS) is 12.4. The summed E-state index contributed by atoms with van der Waals surface area (Å²) in [5.41, 5.74) is 7.58. The number of hydrogen-bond donors (Lipinski definition) is 3. The number of nitrogen functional groups attached to an aromatic ring is 1. The summed E-state index contributed by atoms with van der Waals surface area (Å²) in [7, 11) is 0. The third-order valence-corrected chi connectivity index (χ3v) is 2.53. The number of aryl methyl sites for hydroxylation is 1. The second kappa shape index (κ2) is 6.33. The molecule has 4 N–H and O–H groups in total. The molecule has 4 heteroatoms. The highest BCUT2D eigenvalue weighted by Gasteiger charge is 2.02. The molecule has 0 saturated heterocycles. The lowest BCUT2D eigenvalue weighted by Gasteiger charge is -2.10. The molecule has 1 heterocycles. The summed E-state index contributed by atoms with van der Waals surface area (Å²) in [6.45, 7) is 5.10. The van der Waals surface area contributed by atoms with Crippen molar-refractivity contribution >= 4 is 11.5 Å². The van der Waals surface area contributed by atoms with Gasteiger partial charge in [-0.25, -0.2) is 4.98 Å². The van der Waals surface area contributed by atoms with Crippen molar-refractivity contribution in [3.63, 3.8) is 0 Å². The maximum atomic E-state index is 8.87. The van der Waals surface area contributed by atoms with Crippen LogP contribution in [-0.4, -0.2) is 23.2 Å². The van der Waals surface area contributed by atoms with Crippen LogP contribution < -0.4 is 11.1 Å². The van der Waals surface area contributed by atoms with E-state index in [2.05, 4.69) is 10.3 Å². The van der Waals surface area contributed by atoms with Crippen molar-refractivity contribution in [1.82, 2.24) is 4.98 Å². The summed E-state index contributed by atoms with van der Waals surface area (Å²) < 4.78 is 0. The van der Waals surface area contributed by atoms with Gasteiger partial charge in [-0.2, -0.15) is 0 Å². The Morgan fingerprint density at radius 1 is 1.56 bits per heavy atom. The van der Waals surface area contributed by atoms with Gasteiger partial charge < -0.3 is 16.2 Å². The molecule has 0 aromatic carbocycles. The molecule has 0 fully saturated rings. The molecule has 0 amide bonds. The van der Waals surface area contributed by atoms with Crippen LogP contribution in [0.25, 0.3) is 0 Å². The highest BCUT2D eigenvalue weighted by molar-refractivity contribution is 5.61. The van der Waals surface area contributed by atoms with Gasteiger partial charge in [-0.1, -0.05) is 6.92 Å². The zero-order chi connectivity index (χ0) is 12.0. The van der Waals surface area contributed by atoms with Crippen molar-refractivity contribution in [2.75, 3.05) is 24.2 Å². The molecule has 0 bridgehead atoms. The van der Waals surface area contributed by atoms with Crippen LogP contribution in [0.1, 0.15) is 25.3 Å². The van der Waals surface area contributed by atoms with Crippen LogP contribution in [0.5, 0.6) is 0 Å². The van der Waals surface area contributed by atoms with E-state index in [4.69, 9.17) is 10.8 Å². The quantitative estimate of drug-likeness (QED) is 0.643. The Hall–Kier alpha value is -1.29. The number of aliphatic hydroxyl groups is 1. The number of nitrogens with zero attached hydrogens (tertiary/aromatic N) is 1. The third-order valence-electron chi connectivity index (χ3n) is 2.53. The predicted octanol–water partition coefficient (Wildman–Crippen LogP) is 1.79. The monoisotopic (exact) mass is 223 g/mol. The number of aliphatic hydroxyl groups excluding tert-OH is 1. The van der Waals surface area contributed by atoms with Crippen LogP contribution in [0.3, 0.4) is 0 Å². The molecule has 0 radical (unpaired) electrons. The molecule has 4 nitrogen and oxygen atoms in total. The van der Waals surface area contributed by atoms with E-state index in [1.54, 1.807) is 6.20 Å². The summed E-state index contributed by atoms with van der Waals surface area (Å²) in [6, 6.07) is 1.91. The standard InChI is InChI=1S/C12H21N3O/c1-9(8-16)4-3-5-14-12-11(13)6-10(2)7-15-12/h6-7,9,16H,3-5,8,13H2,1-2H3,(H,14,15). The van der Waals surface area contributed by atoms with Gasteiger partial charge in [-0.3, -0.25) is 0 Å². The zero-order valence-electron chi connectivity index (χ0n) is 10.0. The smallest absolute Gasteiger partial charge is 0.149 e. The molecule has 1 aromatic heterocycles. The number of nitrogens with two attached hydrogens (primary N) is 1. The van der Waals surface area contributed by atoms with E-state index in [9.17, 15) is 0 Å². The number of hydrogen-bond acceptors (Lipinski definition) is 4. The van der Waals surface area contributed by atoms with E-state index < -0.39 is 0 Å². The fourth-order valence-electron chi connectivity index (χ4n) is 1.49. The average molecular weight is 223 g/mol. The van der Waals surface area contributed by atoms with Crippen molar-refractivity contribution in [3.05, 3.63) is 17.8 Å². The van der Waals surface area contributed by atoms with Crippen LogP contribution in [0, 0.1) is 12.8 Å². The lowest BCUT2D eigenvalue weighted by Crippen LogP contribution is -2.09. The summed E-state index contributed by atoms with van der Waals surface area (Å²) >= 11 is 0. The molecule has 1 atom stereocenters. The number of aromatic nitrogens is 1. The number of nitrogens with one attached hydrogen (secondary N) is 1. The topological polar surface area (TPSA) is 71.2 Å². The Balaban J connectivity index is 2.32. The Morgan fingerprint density at radius 3 is 2.94 bits per heavy atom. The molecule has 0 saturated carbocycles. The molecule has 0 aliphatic carbocycles. The summed E-state index contributed by atoms with van der Waals surface area (Å²) in [6.07, 6.45) is 3.82. The van der Waals surface area contributed by atoms with Gasteiger partial charge in [-0.15, -0.1) is 0 Å². The molecule has 1 unspecified atom stereocenters. The molecule has 1 rings (SSSR count). The Bertz CT molecular complexity index is 328. The molecule has 0 aliphatic heterocycles. The second-order valence-electron chi connectivity index (χ2n) is 4.31. The molecule has 0 spiro atoms. The van der Waals surface area contributed by atoms with Gasteiger partial charge in [0.25, 0.3) is 0 Å². The lowest BCUT2D eigenvalue weighted by molar-refractivity contribution is 0.229. The lowest BCUT2D eigenvalue weighted by atomic mass is 10.1. The fourth-order valence-corrected chi connectivity index (χ4v) is 1.49. The van der Waals surface area contributed by atoms with Crippen molar-refractivity contribution in [2.45, 2.75) is 26.7 Å². The second-order valence-corrected chi connectivity index (χ2v) is 4.31. The Labute approximate surface area is 96.9 Å². The minimum atomic E-state index is 0.255. The maximum Gasteiger partial charge on any atom is 0.149 e. The van der Waals surface area contributed by atoms with Crippen molar-refractivity contribution in [2.24, 2.45) is 5.92 Å². The van der Waals surface area contributed by atoms with Gasteiger partial charge in [0.05, 0.1) is 5.69 Å². The maximum absolute atomic E-state index is 8.87. The Morgan fingerprint density at radius 2 is 2.31 bits per heavy atom. The SMILES string of the molecule is Cc1cnc(NCCCC(C)CO)c(N)c1. The molecule has 0 aliphatic rings. The molecule has 16 heavy (non-hydrogen) atoms. The predicted molar refractivity (Wildman–Crippen MR) is 67.4 cm³/mol. The minimum absolute atomic E-state index is 0.255. The number of pyridine rings is 1. The van der Waals surface area contributed by atoms with E-state index in [1.165, 1.54) is 0 Å².